The zero-order chi connectivity index (χ0) is 10.8. The Morgan fingerprint density at radius 2 is 1.87 bits per heavy atom. The highest BCUT2D eigenvalue weighted by molar-refractivity contribution is 7.08. The van der Waals surface area contributed by atoms with E-state index in [0.717, 1.165) is 0 Å². The van der Waals surface area contributed by atoms with E-state index in [0.29, 0.717) is 0 Å². The van der Waals surface area contributed by atoms with Crippen LogP contribution in [-0.4, -0.2) is 0 Å². The molecule has 0 saturated carbocycles. The number of nitrogens with two attached hydrogens (primary N) is 1. The first kappa shape index (κ1) is 10.4. The lowest BCUT2D eigenvalue weighted by atomic mass is 9.98. The van der Waals surface area contributed by atoms with E-state index in [1.54, 1.807) is 11.3 Å². The van der Waals surface area contributed by atoms with Gasteiger partial charge in [-0.05, 0) is 52.9 Å². The van der Waals surface area contributed by atoms with Gasteiger partial charge in [0.1, 0.15) is 0 Å². The maximum Gasteiger partial charge on any atom is 0.0559 e. The minimum atomic E-state index is 0.00977. The molecule has 1 heterocycles. The Hall–Kier alpha value is -1.12. The molecule has 2 aromatic rings. The lowest BCUT2D eigenvalue weighted by Crippen LogP contribution is -2.11. The summed E-state index contributed by atoms with van der Waals surface area (Å²) in [5.74, 6) is 0. The molecule has 78 valence electrons. The number of aryl methyl sites for hydroxylation is 2. The molecule has 15 heavy (non-hydrogen) atoms. The molecule has 2 heteroatoms. The van der Waals surface area contributed by atoms with Crippen molar-refractivity contribution in [1.29, 1.82) is 0 Å². The molecule has 0 aliphatic heterocycles. The Bertz CT molecular complexity index is 446. The molecule has 0 fully saturated rings. The van der Waals surface area contributed by atoms with E-state index in [-0.39, 0.29) is 6.04 Å². The molecule has 1 atom stereocenters. The lowest BCUT2D eigenvalue weighted by molar-refractivity contribution is 0.874. The fraction of sp³-hybridized carbons (Fsp3) is 0.231. The highest BCUT2D eigenvalue weighted by Gasteiger charge is 2.09. The van der Waals surface area contributed by atoms with Crippen LogP contribution >= 0.6 is 11.3 Å². The van der Waals surface area contributed by atoms with Crippen LogP contribution in [-0.2, 0) is 0 Å². The van der Waals surface area contributed by atoms with Crippen LogP contribution < -0.4 is 5.73 Å². The van der Waals surface area contributed by atoms with Gasteiger partial charge in [-0.25, -0.2) is 0 Å². The summed E-state index contributed by atoms with van der Waals surface area (Å²) >= 11 is 1.69. The van der Waals surface area contributed by atoms with Crippen LogP contribution in [0.4, 0.5) is 0 Å². The highest BCUT2D eigenvalue weighted by Crippen LogP contribution is 2.23. The van der Waals surface area contributed by atoms with E-state index < -0.39 is 0 Å². The summed E-state index contributed by atoms with van der Waals surface area (Å²) in [7, 11) is 0. The molecular formula is C13H15NS. The summed E-state index contributed by atoms with van der Waals surface area (Å²) < 4.78 is 0. The predicted octanol–water partition coefficient (Wildman–Crippen LogP) is 3.41. The second-order valence-corrected chi connectivity index (χ2v) is 4.66. The normalized spacial score (nSPS) is 12.7. The van der Waals surface area contributed by atoms with Crippen molar-refractivity contribution in [2.24, 2.45) is 5.73 Å². The van der Waals surface area contributed by atoms with Crippen LogP contribution in [0.25, 0.3) is 0 Å². The summed E-state index contributed by atoms with van der Waals surface area (Å²) in [6, 6.07) is 8.53. The maximum absolute atomic E-state index is 6.19. The fourth-order valence-electron chi connectivity index (χ4n) is 1.60. The number of benzene rings is 1. The van der Waals surface area contributed by atoms with Gasteiger partial charge in [-0.1, -0.05) is 18.2 Å². The second-order valence-electron chi connectivity index (χ2n) is 3.88. The fourth-order valence-corrected chi connectivity index (χ4v) is 2.30. The Labute approximate surface area is 94.6 Å². The first-order valence-electron chi connectivity index (χ1n) is 5.03. The van der Waals surface area contributed by atoms with Crippen molar-refractivity contribution in [2.45, 2.75) is 19.9 Å². The third-order valence-electron chi connectivity index (χ3n) is 2.79. The highest BCUT2D eigenvalue weighted by atomic mass is 32.1. The number of hydrogen-bond acceptors (Lipinski definition) is 2. The average Bonchev–Trinajstić information content (AvgIpc) is 2.74. The molecule has 0 unspecified atom stereocenters. The third kappa shape index (κ3) is 2.11. The van der Waals surface area contributed by atoms with Gasteiger partial charge in [-0.15, -0.1) is 0 Å². The summed E-state index contributed by atoms with van der Waals surface area (Å²) in [5, 5.41) is 4.18. The molecule has 0 aliphatic rings. The van der Waals surface area contributed by atoms with Gasteiger partial charge >= 0.3 is 0 Å². The van der Waals surface area contributed by atoms with Crippen molar-refractivity contribution in [1.82, 2.24) is 0 Å². The van der Waals surface area contributed by atoms with Gasteiger partial charge in [-0.2, -0.15) is 11.3 Å². The van der Waals surface area contributed by atoms with E-state index in [1.807, 2.05) is 0 Å². The molecule has 2 rings (SSSR count). The van der Waals surface area contributed by atoms with E-state index in [2.05, 4.69) is 48.9 Å². The van der Waals surface area contributed by atoms with Crippen molar-refractivity contribution in [3.63, 3.8) is 0 Å². The molecule has 0 spiro atoms. The Kier molecular flexibility index (Phi) is 2.89. The second kappa shape index (κ2) is 4.17. The van der Waals surface area contributed by atoms with Crippen molar-refractivity contribution in [3.05, 3.63) is 57.3 Å². The topological polar surface area (TPSA) is 26.0 Å². The van der Waals surface area contributed by atoms with Crippen LogP contribution in [0.2, 0.25) is 0 Å². The molecule has 2 N–H and O–H groups in total. The average molecular weight is 217 g/mol. The van der Waals surface area contributed by atoms with Crippen molar-refractivity contribution >= 4 is 11.3 Å². The van der Waals surface area contributed by atoms with Crippen molar-refractivity contribution in [3.8, 4) is 0 Å². The van der Waals surface area contributed by atoms with Gasteiger partial charge in [0.15, 0.2) is 0 Å². The smallest absolute Gasteiger partial charge is 0.0559 e. The molecule has 0 radical (unpaired) electrons. The van der Waals surface area contributed by atoms with Gasteiger partial charge in [0.05, 0.1) is 6.04 Å². The minimum Gasteiger partial charge on any atom is -0.320 e. The predicted molar refractivity (Wildman–Crippen MR) is 66.3 cm³/mol. The Balaban J connectivity index is 2.34. The van der Waals surface area contributed by atoms with Gasteiger partial charge in [0.25, 0.3) is 0 Å². The van der Waals surface area contributed by atoms with Gasteiger partial charge in [-0.3, -0.25) is 0 Å². The van der Waals surface area contributed by atoms with E-state index in [4.69, 9.17) is 5.73 Å². The van der Waals surface area contributed by atoms with Crippen LogP contribution in [0, 0.1) is 13.8 Å². The minimum absolute atomic E-state index is 0.00977. The van der Waals surface area contributed by atoms with E-state index in [9.17, 15) is 0 Å². The van der Waals surface area contributed by atoms with Crippen LogP contribution in [0.15, 0.2) is 35.0 Å². The SMILES string of the molecule is Cc1ccc([C@H](N)c2ccsc2)cc1C. The quantitative estimate of drug-likeness (QED) is 0.819. The third-order valence-corrected chi connectivity index (χ3v) is 3.49. The van der Waals surface area contributed by atoms with E-state index >= 15 is 0 Å². The van der Waals surface area contributed by atoms with Gasteiger partial charge in [0.2, 0.25) is 0 Å². The van der Waals surface area contributed by atoms with Crippen LogP contribution in [0.5, 0.6) is 0 Å². The molecule has 0 amide bonds. The monoisotopic (exact) mass is 217 g/mol. The molecule has 1 aromatic heterocycles. The van der Waals surface area contributed by atoms with Gasteiger partial charge in [0, 0.05) is 0 Å². The maximum atomic E-state index is 6.19. The lowest BCUT2D eigenvalue weighted by Gasteiger charge is -2.12. The molecular weight excluding hydrogens is 202 g/mol. The number of thiophene rings is 1. The summed E-state index contributed by atoms with van der Waals surface area (Å²) in [5.41, 5.74) is 11.2. The molecule has 0 aliphatic carbocycles. The van der Waals surface area contributed by atoms with Crippen molar-refractivity contribution in [2.75, 3.05) is 0 Å². The standard InChI is InChI=1S/C13H15NS/c1-9-3-4-11(7-10(9)2)13(14)12-5-6-15-8-12/h3-8,13H,14H2,1-2H3/t13-/m0/s1. The molecule has 1 nitrogen and oxygen atoms in total. The molecule has 1 aromatic carbocycles. The summed E-state index contributed by atoms with van der Waals surface area (Å²) in [6.07, 6.45) is 0. The Morgan fingerprint density at radius 3 is 2.47 bits per heavy atom. The summed E-state index contributed by atoms with van der Waals surface area (Å²) in [6.45, 7) is 4.24. The zero-order valence-electron chi connectivity index (χ0n) is 9.03. The first-order chi connectivity index (χ1) is 7.18. The number of rotatable bonds is 2. The molecule has 0 bridgehead atoms. The van der Waals surface area contributed by atoms with Crippen molar-refractivity contribution < 1.29 is 0 Å². The van der Waals surface area contributed by atoms with E-state index in [1.165, 1.54) is 22.3 Å². The first-order valence-corrected chi connectivity index (χ1v) is 5.97. The van der Waals surface area contributed by atoms with Crippen LogP contribution in [0.1, 0.15) is 28.3 Å². The van der Waals surface area contributed by atoms with Gasteiger partial charge < -0.3 is 5.73 Å². The largest absolute Gasteiger partial charge is 0.320 e. The summed E-state index contributed by atoms with van der Waals surface area (Å²) in [4.78, 5) is 0. The molecule has 0 saturated heterocycles. The Morgan fingerprint density at radius 1 is 1.07 bits per heavy atom. The zero-order valence-corrected chi connectivity index (χ0v) is 9.84. The number of hydrogen-bond donors (Lipinski definition) is 1. The van der Waals surface area contributed by atoms with Crippen LogP contribution in [0.3, 0.4) is 0 Å².